The van der Waals surface area contributed by atoms with E-state index in [0.717, 1.165) is 0 Å². The van der Waals surface area contributed by atoms with Crippen molar-refractivity contribution in [2.45, 2.75) is 51.9 Å². The molecule has 0 N–H and O–H groups in total. The third kappa shape index (κ3) is 4.71. The highest BCUT2D eigenvalue weighted by Crippen LogP contribution is 2.60. The van der Waals surface area contributed by atoms with E-state index in [0.29, 0.717) is 36.6 Å². The average Bonchev–Trinajstić information content (AvgIpc) is 2.94. The predicted molar refractivity (Wildman–Crippen MR) is 149 cm³/mol. The Kier molecular flexibility index (Phi) is 8.72. The summed E-state index contributed by atoms with van der Waals surface area (Å²) >= 11 is 0. The van der Waals surface area contributed by atoms with Crippen molar-refractivity contribution in [3.63, 3.8) is 0 Å². The number of hydrogen-bond donors (Lipinski definition) is 0. The molecule has 2 fully saturated rings. The lowest BCUT2D eigenvalue weighted by molar-refractivity contribution is -0.204. The SMILES string of the molecule is COC(=O)[C@]12CN(CCN(C(C)C)C(C)C)C[C@](C(=O)OC)(C1=O)[C@@H](c1ccccn1)N(C)[C@H]2c1ccccn1. The van der Waals surface area contributed by atoms with Crippen LogP contribution in [0.5, 0.6) is 0 Å². The van der Waals surface area contributed by atoms with Gasteiger partial charge in [0, 0.05) is 50.7 Å². The van der Waals surface area contributed by atoms with Crippen LogP contribution in [-0.2, 0) is 23.9 Å². The zero-order valence-corrected chi connectivity index (χ0v) is 24.5. The van der Waals surface area contributed by atoms with E-state index in [1.807, 2.05) is 29.0 Å². The number of carbonyl (C=O) groups is 3. The molecule has 2 aliphatic heterocycles. The maximum absolute atomic E-state index is 14.9. The number of rotatable bonds is 9. The normalized spacial score (nSPS) is 27.3. The number of esters is 2. The highest BCUT2D eigenvalue weighted by molar-refractivity contribution is 6.17. The van der Waals surface area contributed by atoms with Gasteiger partial charge in [-0.25, -0.2) is 0 Å². The first-order chi connectivity index (χ1) is 19.1. The predicted octanol–water partition coefficient (Wildman–Crippen LogP) is 2.53. The van der Waals surface area contributed by atoms with Crippen LogP contribution in [0.3, 0.4) is 0 Å². The summed E-state index contributed by atoms with van der Waals surface area (Å²) in [6.07, 6.45) is 3.28. The maximum Gasteiger partial charge on any atom is 0.322 e. The molecule has 10 heteroatoms. The summed E-state index contributed by atoms with van der Waals surface area (Å²) < 4.78 is 10.7. The van der Waals surface area contributed by atoms with E-state index in [2.05, 4.69) is 42.6 Å². The lowest BCUT2D eigenvalue weighted by Crippen LogP contribution is -2.75. The summed E-state index contributed by atoms with van der Waals surface area (Å²) in [5.41, 5.74) is -2.38. The molecule has 0 unspecified atom stereocenters. The summed E-state index contributed by atoms with van der Waals surface area (Å²) in [7, 11) is 4.38. The molecule has 0 aromatic carbocycles. The van der Waals surface area contributed by atoms with Crippen LogP contribution >= 0.6 is 0 Å². The quantitative estimate of drug-likeness (QED) is 0.341. The molecule has 0 spiro atoms. The first kappa shape index (κ1) is 29.8. The Labute approximate surface area is 236 Å². The van der Waals surface area contributed by atoms with E-state index < -0.39 is 40.6 Å². The first-order valence-electron chi connectivity index (χ1n) is 13.8. The second-order valence-corrected chi connectivity index (χ2v) is 11.4. The van der Waals surface area contributed by atoms with Gasteiger partial charge in [-0.05, 0) is 59.0 Å². The molecule has 4 atom stereocenters. The number of piperidine rings is 2. The molecule has 0 radical (unpaired) electrons. The van der Waals surface area contributed by atoms with Crippen LogP contribution in [0.25, 0.3) is 0 Å². The maximum atomic E-state index is 14.9. The Morgan fingerprint density at radius 1 is 0.900 bits per heavy atom. The van der Waals surface area contributed by atoms with Gasteiger partial charge in [-0.1, -0.05) is 12.1 Å². The largest absolute Gasteiger partial charge is 0.468 e. The number of aromatic nitrogens is 2. The van der Waals surface area contributed by atoms with E-state index >= 15 is 0 Å². The molecule has 40 heavy (non-hydrogen) atoms. The molecule has 4 rings (SSSR count). The standard InChI is InChI=1S/C30H41N5O5/c1-20(2)35(21(3)4)17-16-34-18-29(27(37)39-6)24(22-12-8-10-14-31-22)33(5)25(23-13-9-11-15-32-23)30(19-34,26(29)36)28(38)40-7/h8-15,20-21,24-25H,16-19H2,1-7H3/t24-,25+,29-,30+. The van der Waals surface area contributed by atoms with Crippen molar-refractivity contribution in [2.24, 2.45) is 10.8 Å². The van der Waals surface area contributed by atoms with E-state index in [-0.39, 0.29) is 13.1 Å². The molecule has 0 saturated carbocycles. The number of ketones is 1. The van der Waals surface area contributed by atoms with Gasteiger partial charge < -0.3 is 9.47 Å². The summed E-state index contributed by atoms with van der Waals surface area (Å²) in [4.78, 5) is 58.3. The van der Waals surface area contributed by atoms with Crippen LogP contribution in [0, 0.1) is 10.8 Å². The molecule has 2 aromatic heterocycles. The molecule has 2 aliphatic rings. The number of Topliss-reactive ketones (excluding diaryl/α,β-unsaturated/α-hetero) is 1. The average molecular weight is 552 g/mol. The summed E-state index contributed by atoms with van der Waals surface area (Å²) in [5.74, 6) is -1.90. The van der Waals surface area contributed by atoms with Crippen LogP contribution in [0.15, 0.2) is 48.8 Å². The Hall–Kier alpha value is -3.21. The molecule has 2 bridgehead atoms. The van der Waals surface area contributed by atoms with E-state index in [1.165, 1.54) is 14.2 Å². The van der Waals surface area contributed by atoms with Gasteiger partial charge >= 0.3 is 11.9 Å². The van der Waals surface area contributed by atoms with Crippen molar-refractivity contribution in [1.29, 1.82) is 0 Å². The van der Waals surface area contributed by atoms with Gasteiger partial charge in [0.15, 0.2) is 16.6 Å². The number of carbonyl (C=O) groups excluding carboxylic acids is 3. The Morgan fingerprint density at radius 3 is 1.70 bits per heavy atom. The highest BCUT2D eigenvalue weighted by Gasteiger charge is 2.75. The van der Waals surface area contributed by atoms with Gasteiger partial charge in [-0.3, -0.25) is 39.1 Å². The topological polar surface area (TPSA) is 105 Å². The van der Waals surface area contributed by atoms with Gasteiger partial charge in [0.2, 0.25) is 0 Å². The Bertz CT molecular complexity index is 1120. The van der Waals surface area contributed by atoms with E-state index in [4.69, 9.17) is 9.47 Å². The number of likely N-dealkylation sites (tertiary alicyclic amines) is 2. The minimum atomic E-state index is -1.73. The van der Waals surface area contributed by atoms with Gasteiger partial charge in [-0.2, -0.15) is 0 Å². The van der Waals surface area contributed by atoms with Gasteiger partial charge in [0.1, 0.15) is 0 Å². The smallest absolute Gasteiger partial charge is 0.322 e. The molecular formula is C30H41N5O5. The summed E-state index contributed by atoms with van der Waals surface area (Å²) in [5, 5.41) is 0. The van der Waals surface area contributed by atoms with Crippen LogP contribution < -0.4 is 0 Å². The lowest BCUT2D eigenvalue weighted by Gasteiger charge is -2.60. The first-order valence-corrected chi connectivity index (χ1v) is 13.8. The van der Waals surface area contributed by atoms with Crippen molar-refractivity contribution >= 4 is 17.7 Å². The van der Waals surface area contributed by atoms with Crippen LogP contribution in [0.2, 0.25) is 0 Å². The number of pyridine rings is 2. The van der Waals surface area contributed by atoms with Gasteiger partial charge in [0.25, 0.3) is 0 Å². The van der Waals surface area contributed by atoms with Gasteiger partial charge in [-0.15, -0.1) is 0 Å². The highest BCUT2D eigenvalue weighted by atomic mass is 16.5. The second-order valence-electron chi connectivity index (χ2n) is 11.4. The number of ether oxygens (including phenoxy) is 2. The fraction of sp³-hybridized carbons (Fsp3) is 0.567. The second kappa shape index (κ2) is 11.7. The zero-order chi connectivity index (χ0) is 29.2. The van der Waals surface area contributed by atoms with Crippen molar-refractivity contribution in [1.82, 2.24) is 24.7 Å². The number of nitrogens with zero attached hydrogens (tertiary/aromatic N) is 5. The molecule has 216 valence electrons. The molecular weight excluding hydrogens is 510 g/mol. The van der Waals surface area contributed by atoms with Crippen LogP contribution in [0.4, 0.5) is 0 Å². The minimum absolute atomic E-state index is 0.0851. The molecule has 2 aromatic rings. The van der Waals surface area contributed by atoms with Gasteiger partial charge in [0.05, 0.1) is 37.7 Å². The monoisotopic (exact) mass is 551 g/mol. The van der Waals surface area contributed by atoms with Crippen LogP contribution in [-0.4, -0.2) is 102 Å². The molecule has 2 saturated heterocycles. The van der Waals surface area contributed by atoms with Crippen molar-refractivity contribution in [3.8, 4) is 0 Å². The number of hydrogen-bond acceptors (Lipinski definition) is 10. The fourth-order valence-electron chi connectivity index (χ4n) is 7.00. The molecule has 10 nitrogen and oxygen atoms in total. The zero-order valence-electron chi connectivity index (χ0n) is 24.5. The lowest BCUT2D eigenvalue weighted by atomic mass is 9.54. The molecule has 0 aliphatic carbocycles. The van der Waals surface area contributed by atoms with Crippen molar-refractivity contribution < 1.29 is 23.9 Å². The third-order valence-electron chi connectivity index (χ3n) is 8.54. The Balaban J connectivity index is 1.97. The van der Waals surface area contributed by atoms with Crippen molar-refractivity contribution in [2.75, 3.05) is 47.4 Å². The number of methoxy groups -OCH3 is 2. The number of fused-ring (bicyclic) bond motifs is 2. The summed E-state index contributed by atoms with van der Waals surface area (Å²) in [6.45, 7) is 9.97. The molecule has 0 amide bonds. The minimum Gasteiger partial charge on any atom is -0.468 e. The summed E-state index contributed by atoms with van der Waals surface area (Å²) in [6, 6.07) is 9.80. The van der Waals surface area contributed by atoms with Crippen molar-refractivity contribution in [3.05, 3.63) is 60.2 Å². The van der Waals surface area contributed by atoms with E-state index in [1.54, 1.807) is 36.7 Å². The Morgan fingerprint density at radius 2 is 1.35 bits per heavy atom. The third-order valence-corrected chi connectivity index (χ3v) is 8.54. The molecule has 4 heterocycles. The van der Waals surface area contributed by atoms with Crippen LogP contribution in [0.1, 0.15) is 51.2 Å². The fourth-order valence-corrected chi connectivity index (χ4v) is 7.00. The van der Waals surface area contributed by atoms with E-state index in [9.17, 15) is 14.4 Å².